The van der Waals surface area contributed by atoms with Crippen LogP contribution in [-0.4, -0.2) is 10.2 Å². The van der Waals surface area contributed by atoms with Crippen molar-refractivity contribution in [2.24, 2.45) is 0 Å². The highest BCUT2D eigenvalue weighted by Gasteiger charge is 2.07. The molecule has 1 heterocycles. The molecule has 1 N–H and O–H groups in total. The molecule has 62 valence electrons. The lowest BCUT2D eigenvalue weighted by Gasteiger charge is -1.92. The van der Waals surface area contributed by atoms with E-state index in [0.29, 0.717) is 16.6 Å². The molecule has 1 aromatic carbocycles. The van der Waals surface area contributed by atoms with Crippen molar-refractivity contribution in [2.45, 2.75) is 6.92 Å². The molecule has 12 heavy (non-hydrogen) atoms. The van der Waals surface area contributed by atoms with Gasteiger partial charge in [0.15, 0.2) is 11.6 Å². The number of nitrogens with zero attached hydrogens (tertiary/aromatic N) is 1. The Bertz CT molecular complexity index is 434. The van der Waals surface area contributed by atoms with Gasteiger partial charge in [0.05, 0.1) is 11.2 Å². The molecule has 0 spiro atoms. The number of benzene rings is 1. The predicted molar refractivity (Wildman–Crippen MR) is 40.7 cm³/mol. The van der Waals surface area contributed by atoms with Gasteiger partial charge in [0.25, 0.3) is 0 Å². The Labute approximate surface area is 67.2 Å². The Balaban J connectivity index is 2.87. The molecule has 4 heteroatoms. The van der Waals surface area contributed by atoms with Gasteiger partial charge in [-0.3, -0.25) is 5.10 Å². The zero-order valence-corrected chi connectivity index (χ0v) is 6.36. The van der Waals surface area contributed by atoms with Crippen LogP contribution in [0.4, 0.5) is 8.78 Å². The SMILES string of the molecule is Cc1n[nH]c2cc(F)c(F)cc12. The minimum Gasteiger partial charge on any atom is -0.277 e. The van der Waals surface area contributed by atoms with Crippen LogP contribution in [0.15, 0.2) is 12.1 Å². The number of H-pyrrole nitrogens is 1. The minimum absolute atomic E-state index is 0.520. The summed E-state index contributed by atoms with van der Waals surface area (Å²) in [5.41, 5.74) is 1.19. The third-order valence-electron chi connectivity index (χ3n) is 1.79. The number of halogens is 2. The first-order valence-corrected chi connectivity index (χ1v) is 3.48. The Kier molecular flexibility index (Phi) is 1.36. The monoisotopic (exact) mass is 168 g/mol. The maximum Gasteiger partial charge on any atom is 0.160 e. The Morgan fingerprint density at radius 1 is 1.25 bits per heavy atom. The van der Waals surface area contributed by atoms with Crippen molar-refractivity contribution in [1.29, 1.82) is 0 Å². The molecule has 0 radical (unpaired) electrons. The van der Waals surface area contributed by atoms with Crippen molar-refractivity contribution < 1.29 is 8.78 Å². The molecule has 0 bridgehead atoms. The molecule has 0 fully saturated rings. The molecule has 0 saturated heterocycles. The second-order valence-corrected chi connectivity index (χ2v) is 2.62. The Morgan fingerprint density at radius 2 is 1.92 bits per heavy atom. The van der Waals surface area contributed by atoms with Gasteiger partial charge in [-0.15, -0.1) is 0 Å². The van der Waals surface area contributed by atoms with E-state index in [2.05, 4.69) is 10.2 Å². The summed E-state index contributed by atoms with van der Waals surface area (Å²) in [6.07, 6.45) is 0. The van der Waals surface area contributed by atoms with Gasteiger partial charge in [0.1, 0.15) is 0 Å². The van der Waals surface area contributed by atoms with Crippen LogP contribution in [0.3, 0.4) is 0 Å². The van der Waals surface area contributed by atoms with Crippen LogP contribution in [0.25, 0.3) is 10.9 Å². The van der Waals surface area contributed by atoms with Gasteiger partial charge in [0, 0.05) is 11.5 Å². The summed E-state index contributed by atoms with van der Waals surface area (Å²) in [5, 5.41) is 7.04. The predicted octanol–water partition coefficient (Wildman–Crippen LogP) is 2.15. The summed E-state index contributed by atoms with van der Waals surface area (Å²) in [6, 6.07) is 2.24. The van der Waals surface area contributed by atoms with Crippen LogP contribution in [0.5, 0.6) is 0 Å². The second-order valence-electron chi connectivity index (χ2n) is 2.62. The summed E-state index contributed by atoms with van der Waals surface area (Å²) < 4.78 is 25.3. The maximum atomic E-state index is 12.7. The van der Waals surface area contributed by atoms with Crippen LogP contribution in [0, 0.1) is 18.6 Å². The third kappa shape index (κ3) is 0.879. The lowest BCUT2D eigenvalue weighted by molar-refractivity contribution is 0.511. The fourth-order valence-corrected chi connectivity index (χ4v) is 1.14. The van der Waals surface area contributed by atoms with Gasteiger partial charge in [-0.05, 0) is 13.0 Å². The van der Waals surface area contributed by atoms with Gasteiger partial charge >= 0.3 is 0 Å². The summed E-state index contributed by atoms with van der Waals surface area (Å²) >= 11 is 0. The zero-order chi connectivity index (χ0) is 8.72. The van der Waals surface area contributed by atoms with Gasteiger partial charge in [-0.1, -0.05) is 0 Å². The van der Waals surface area contributed by atoms with Gasteiger partial charge < -0.3 is 0 Å². The van der Waals surface area contributed by atoms with Crippen LogP contribution < -0.4 is 0 Å². The Morgan fingerprint density at radius 3 is 2.67 bits per heavy atom. The number of aromatic nitrogens is 2. The normalized spacial score (nSPS) is 10.9. The number of fused-ring (bicyclic) bond motifs is 1. The highest BCUT2D eigenvalue weighted by molar-refractivity contribution is 5.81. The number of nitrogens with one attached hydrogen (secondary N) is 1. The molecule has 2 rings (SSSR count). The van der Waals surface area contributed by atoms with Gasteiger partial charge in [-0.2, -0.15) is 5.10 Å². The van der Waals surface area contributed by atoms with Crippen molar-refractivity contribution >= 4 is 10.9 Å². The van der Waals surface area contributed by atoms with E-state index in [9.17, 15) is 8.78 Å². The first-order valence-electron chi connectivity index (χ1n) is 3.48. The average Bonchev–Trinajstić information content (AvgIpc) is 2.35. The molecular formula is C8H6F2N2. The molecule has 1 aromatic heterocycles. The molecule has 0 aliphatic carbocycles. The third-order valence-corrected chi connectivity index (χ3v) is 1.79. The van der Waals surface area contributed by atoms with E-state index in [0.717, 1.165) is 12.1 Å². The smallest absolute Gasteiger partial charge is 0.160 e. The highest BCUT2D eigenvalue weighted by atomic mass is 19.2. The van der Waals surface area contributed by atoms with Gasteiger partial charge in [-0.25, -0.2) is 8.78 Å². The molecule has 2 aromatic rings. The van der Waals surface area contributed by atoms with E-state index >= 15 is 0 Å². The van der Waals surface area contributed by atoms with E-state index in [1.54, 1.807) is 6.92 Å². The van der Waals surface area contributed by atoms with E-state index in [1.165, 1.54) is 0 Å². The van der Waals surface area contributed by atoms with Crippen LogP contribution in [-0.2, 0) is 0 Å². The fraction of sp³-hybridized carbons (Fsp3) is 0.125. The maximum absolute atomic E-state index is 12.7. The van der Waals surface area contributed by atoms with E-state index < -0.39 is 11.6 Å². The summed E-state index contributed by atoms with van der Waals surface area (Å²) in [7, 11) is 0. The molecule has 0 aliphatic heterocycles. The van der Waals surface area contributed by atoms with Crippen molar-refractivity contribution in [3.63, 3.8) is 0 Å². The lowest BCUT2D eigenvalue weighted by atomic mass is 10.2. The van der Waals surface area contributed by atoms with Crippen molar-refractivity contribution in [3.05, 3.63) is 29.5 Å². The van der Waals surface area contributed by atoms with Crippen LogP contribution >= 0.6 is 0 Å². The van der Waals surface area contributed by atoms with E-state index in [1.807, 2.05) is 0 Å². The minimum atomic E-state index is -0.855. The first-order chi connectivity index (χ1) is 5.68. The van der Waals surface area contributed by atoms with Gasteiger partial charge in [0.2, 0.25) is 0 Å². The van der Waals surface area contributed by atoms with Crippen molar-refractivity contribution in [2.75, 3.05) is 0 Å². The number of hydrogen-bond acceptors (Lipinski definition) is 1. The number of aromatic amines is 1. The summed E-state index contributed by atoms with van der Waals surface area (Å²) in [4.78, 5) is 0. The topological polar surface area (TPSA) is 28.7 Å². The second kappa shape index (κ2) is 2.27. The molecule has 2 nitrogen and oxygen atoms in total. The lowest BCUT2D eigenvalue weighted by Crippen LogP contribution is -1.82. The molecule has 0 amide bonds. The molecule has 0 unspecified atom stereocenters. The average molecular weight is 168 g/mol. The summed E-state index contributed by atoms with van der Waals surface area (Å²) in [6.45, 7) is 1.73. The fourth-order valence-electron chi connectivity index (χ4n) is 1.14. The first kappa shape index (κ1) is 7.21. The van der Waals surface area contributed by atoms with Crippen LogP contribution in [0.2, 0.25) is 0 Å². The largest absolute Gasteiger partial charge is 0.277 e. The van der Waals surface area contributed by atoms with E-state index in [4.69, 9.17) is 0 Å². The summed E-state index contributed by atoms with van der Waals surface area (Å²) in [5.74, 6) is -1.70. The quantitative estimate of drug-likeness (QED) is 0.641. The number of aryl methyl sites for hydroxylation is 1. The molecule has 0 saturated carbocycles. The molecule has 0 aliphatic rings. The standard InChI is InChI=1S/C8H6F2N2/c1-4-5-2-6(9)7(10)3-8(5)12-11-4/h2-3H,1H3,(H,11,12). The molecular weight excluding hydrogens is 162 g/mol. The van der Waals surface area contributed by atoms with E-state index in [-0.39, 0.29) is 0 Å². The molecule has 0 atom stereocenters. The Hall–Kier alpha value is -1.45. The van der Waals surface area contributed by atoms with Crippen LogP contribution in [0.1, 0.15) is 5.69 Å². The zero-order valence-electron chi connectivity index (χ0n) is 6.36. The highest BCUT2D eigenvalue weighted by Crippen LogP contribution is 2.18. The van der Waals surface area contributed by atoms with Crippen molar-refractivity contribution in [1.82, 2.24) is 10.2 Å². The number of hydrogen-bond donors (Lipinski definition) is 1. The van der Waals surface area contributed by atoms with Crippen molar-refractivity contribution in [3.8, 4) is 0 Å². The number of rotatable bonds is 0.